The molecule has 0 atom stereocenters. The number of benzene rings is 3. The second-order valence-corrected chi connectivity index (χ2v) is 11.5. The van der Waals surface area contributed by atoms with Crippen molar-refractivity contribution < 1.29 is 18.7 Å². The molecule has 214 valence electrons. The molecule has 4 aromatic rings. The van der Waals surface area contributed by atoms with Gasteiger partial charge in [-0.1, -0.05) is 45.0 Å². The summed E-state index contributed by atoms with van der Waals surface area (Å²) in [4.78, 5) is 28.6. The van der Waals surface area contributed by atoms with Gasteiger partial charge in [-0.25, -0.2) is 4.39 Å². The minimum absolute atomic E-state index is 0.00756. The number of hydrogen-bond acceptors (Lipinski definition) is 4. The summed E-state index contributed by atoms with van der Waals surface area (Å²) in [7, 11) is 0. The Bertz CT molecular complexity index is 1520. The predicted octanol–water partition coefficient (Wildman–Crippen LogP) is 5.44. The van der Waals surface area contributed by atoms with E-state index in [9.17, 15) is 14.0 Å². The topological polar surface area (TPSA) is 75.6 Å². The maximum Gasteiger partial charge on any atom is 0.267 e. The first kappa shape index (κ1) is 28.5. The smallest absolute Gasteiger partial charge is 0.267 e. The van der Waals surface area contributed by atoms with Crippen LogP contribution in [0.25, 0.3) is 10.9 Å². The van der Waals surface area contributed by atoms with Crippen LogP contribution in [-0.4, -0.2) is 60.7 Å². The first-order valence-corrected chi connectivity index (χ1v) is 14.1. The Morgan fingerprint density at radius 2 is 1.61 bits per heavy atom. The second-order valence-electron chi connectivity index (χ2n) is 11.5. The Hall–Kier alpha value is -4.01. The van der Waals surface area contributed by atoms with Gasteiger partial charge in [0.05, 0.1) is 13.2 Å². The summed E-state index contributed by atoms with van der Waals surface area (Å²) in [6.07, 6.45) is 0. The lowest BCUT2D eigenvalue weighted by atomic mass is 9.87. The highest BCUT2D eigenvalue weighted by molar-refractivity contribution is 6.06. The van der Waals surface area contributed by atoms with E-state index in [2.05, 4.69) is 36.3 Å². The van der Waals surface area contributed by atoms with E-state index in [0.717, 1.165) is 41.7 Å². The summed E-state index contributed by atoms with van der Waals surface area (Å²) in [6.45, 7) is 11.2. The largest absolute Gasteiger partial charge is 0.379 e. The van der Waals surface area contributed by atoms with Gasteiger partial charge in [0.15, 0.2) is 0 Å². The van der Waals surface area contributed by atoms with Crippen LogP contribution in [0.2, 0.25) is 0 Å². The van der Waals surface area contributed by atoms with E-state index in [4.69, 9.17) is 4.74 Å². The van der Waals surface area contributed by atoms with Crippen LogP contribution < -0.4 is 10.6 Å². The minimum atomic E-state index is -0.305. The lowest BCUT2D eigenvalue weighted by Crippen LogP contribution is -2.41. The van der Waals surface area contributed by atoms with Gasteiger partial charge in [-0.05, 0) is 65.1 Å². The number of carbonyl (C=O) groups excluding carboxylic acids is 2. The number of nitrogens with zero attached hydrogens (tertiary/aromatic N) is 2. The van der Waals surface area contributed by atoms with Crippen LogP contribution >= 0.6 is 0 Å². The van der Waals surface area contributed by atoms with Crippen molar-refractivity contribution in [1.29, 1.82) is 0 Å². The molecule has 5 rings (SSSR count). The molecule has 8 heteroatoms. The third kappa shape index (κ3) is 7.01. The van der Waals surface area contributed by atoms with E-state index in [1.165, 1.54) is 12.1 Å². The van der Waals surface area contributed by atoms with E-state index >= 15 is 0 Å². The molecule has 0 radical (unpaired) electrons. The molecule has 0 unspecified atom stereocenters. The average Bonchev–Trinajstić information content (AvgIpc) is 3.32. The number of nitrogens with one attached hydrogen (secondary N) is 2. The predicted molar refractivity (Wildman–Crippen MR) is 160 cm³/mol. The second kappa shape index (κ2) is 12.2. The highest BCUT2D eigenvalue weighted by atomic mass is 19.1. The molecule has 0 spiro atoms. The SMILES string of the molecule is CC(C)(C)c1ccc(C(=O)Nc2ccc3c(c2)cc(C(=O)NCCN2CCOCC2)n3Cc2ccc(F)cc2)cc1. The Morgan fingerprint density at radius 1 is 0.902 bits per heavy atom. The summed E-state index contributed by atoms with van der Waals surface area (Å²) in [5.74, 6) is -0.682. The van der Waals surface area contributed by atoms with Gasteiger partial charge in [0, 0.05) is 54.9 Å². The molecule has 7 nitrogen and oxygen atoms in total. The zero-order chi connectivity index (χ0) is 29.0. The van der Waals surface area contributed by atoms with Crippen molar-refractivity contribution in [2.24, 2.45) is 0 Å². The monoisotopic (exact) mass is 556 g/mol. The van der Waals surface area contributed by atoms with Crippen LogP contribution in [0.3, 0.4) is 0 Å². The van der Waals surface area contributed by atoms with Crippen LogP contribution in [0.4, 0.5) is 10.1 Å². The maximum absolute atomic E-state index is 13.5. The van der Waals surface area contributed by atoms with E-state index in [0.29, 0.717) is 43.2 Å². The van der Waals surface area contributed by atoms with Crippen molar-refractivity contribution in [1.82, 2.24) is 14.8 Å². The maximum atomic E-state index is 13.5. The Labute approximate surface area is 240 Å². The Morgan fingerprint density at radius 3 is 2.29 bits per heavy atom. The van der Waals surface area contributed by atoms with Crippen LogP contribution in [-0.2, 0) is 16.7 Å². The summed E-state index contributed by atoms with van der Waals surface area (Å²) in [5, 5.41) is 6.87. The zero-order valence-electron chi connectivity index (χ0n) is 23.9. The lowest BCUT2D eigenvalue weighted by Gasteiger charge is -2.26. The summed E-state index contributed by atoms with van der Waals surface area (Å²) in [5.41, 5.74) is 4.62. The molecule has 2 N–H and O–H groups in total. The first-order valence-electron chi connectivity index (χ1n) is 14.1. The van der Waals surface area contributed by atoms with Crippen LogP contribution in [0.15, 0.2) is 72.8 Å². The molecule has 3 aromatic carbocycles. The van der Waals surface area contributed by atoms with Crippen LogP contribution in [0.1, 0.15) is 52.7 Å². The van der Waals surface area contributed by atoms with E-state index < -0.39 is 0 Å². The van der Waals surface area contributed by atoms with Crippen molar-refractivity contribution in [2.75, 3.05) is 44.7 Å². The number of hydrogen-bond donors (Lipinski definition) is 2. The van der Waals surface area contributed by atoms with Gasteiger partial charge < -0.3 is 19.9 Å². The molecule has 0 saturated carbocycles. The normalized spacial score (nSPS) is 14.2. The third-order valence-electron chi connectivity index (χ3n) is 7.48. The molecule has 1 saturated heterocycles. The number of amides is 2. The number of rotatable bonds is 8. The fourth-order valence-electron chi connectivity index (χ4n) is 5.05. The lowest BCUT2D eigenvalue weighted by molar-refractivity contribution is 0.0383. The molecule has 41 heavy (non-hydrogen) atoms. The molecule has 1 fully saturated rings. The number of halogens is 1. The number of anilines is 1. The standard InChI is InChI=1S/C33H37FN4O3/c1-33(2,3)26-8-6-24(7-9-26)31(39)36-28-12-13-29-25(20-28)21-30(38(29)22-23-4-10-27(34)11-5-23)32(40)35-14-15-37-16-18-41-19-17-37/h4-13,20-21H,14-19,22H2,1-3H3,(H,35,40)(H,36,39). The van der Waals surface area contributed by atoms with Gasteiger partial charge in [0.25, 0.3) is 11.8 Å². The highest BCUT2D eigenvalue weighted by Crippen LogP contribution is 2.26. The van der Waals surface area contributed by atoms with Crippen molar-refractivity contribution in [3.63, 3.8) is 0 Å². The van der Waals surface area contributed by atoms with Crippen LogP contribution in [0.5, 0.6) is 0 Å². The van der Waals surface area contributed by atoms with E-state index in [1.54, 1.807) is 12.1 Å². The molecular weight excluding hydrogens is 519 g/mol. The fraction of sp³-hybridized carbons (Fsp3) is 0.333. The average molecular weight is 557 g/mol. The number of ether oxygens (including phenoxy) is 1. The number of fused-ring (bicyclic) bond motifs is 1. The molecule has 1 aliphatic rings. The zero-order valence-corrected chi connectivity index (χ0v) is 23.9. The van der Waals surface area contributed by atoms with E-state index in [-0.39, 0.29) is 23.0 Å². The van der Waals surface area contributed by atoms with Crippen molar-refractivity contribution in [3.8, 4) is 0 Å². The van der Waals surface area contributed by atoms with Crippen LogP contribution in [0, 0.1) is 5.82 Å². The van der Waals surface area contributed by atoms with Gasteiger partial charge in [-0.2, -0.15) is 0 Å². The third-order valence-corrected chi connectivity index (χ3v) is 7.48. The summed E-state index contributed by atoms with van der Waals surface area (Å²) >= 11 is 0. The molecule has 1 aromatic heterocycles. The quantitative estimate of drug-likeness (QED) is 0.303. The van der Waals surface area contributed by atoms with Gasteiger partial charge >= 0.3 is 0 Å². The number of carbonyl (C=O) groups is 2. The van der Waals surface area contributed by atoms with Crippen molar-refractivity contribution >= 4 is 28.4 Å². The van der Waals surface area contributed by atoms with Gasteiger partial charge in [0.2, 0.25) is 0 Å². The summed E-state index contributed by atoms with van der Waals surface area (Å²) < 4.78 is 20.9. The van der Waals surface area contributed by atoms with Crippen molar-refractivity contribution in [2.45, 2.75) is 32.7 Å². The molecule has 2 amide bonds. The fourth-order valence-corrected chi connectivity index (χ4v) is 5.05. The van der Waals surface area contributed by atoms with Crippen molar-refractivity contribution in [3.05, 3.63) is 101 Å². The molecule has 1 aliphatic heterocycles. The summed E-state index contributed by atoms with van der Waals surface area (Å²) in [6, 6.07) is 21.4. The van der Waals surface area contributed by atoms with E-state index in [1.807, 2.05) is 53.1 Å². The molecule has 0 bridgehead atoms. The van der Waals surface area contributed by atoms with Gasteiger partial charge in [0.1, 0.15) is 11.5 Å². The number of morpholine rings is 1. The molecule has 2 heterocycles. The van der Waals surface area contributed by atoms with Gasteiger partial charge in [-0.3, -0.25) is 14.5 Å². The molecular formula is C33H37FN4O3. The minimum Gasteiger partial charge on any atom is -0.379 e. The highest BCUT2D eigenvalue weighted by Gasteiger charge is 2.19. The molecule has 0 aliphatic carbocycles. The Balaban J connectivity index is 1.37. The number of aromatic nitrogens is 1. The Kier molecular flexibility index (Phi) is 8.52. The van der Waals surface area contributed by atoms with Gasteiger partial charge in [-0.15, -0.1) is 0 Å². The first-order chi connectivity index (χ1) is 19.7.